The topological polar surface area (TPSA) is 87.6 Å². The summed E-state index contributed by atoms with van der Waals surface area (Å²) in [6.45, 7) is 4.23. The third-order valence-corrected chi connectivity index (χ3v) is 8.24. The maximum atomic E-state index is 12.8. The summed E-state index contributed by atoms with van der Waals surface area (Å²) < 4.78 is 0. The molecule has 2 heterocycles. The molecule has 4 atom stereocenters. The summed E-state index contributed by atoms with van der Waals surface area (Å²) in [7, 11) is 0. The van der Waals surface area contributed by atoms with Gasteiger partial charge < -0.3 is 10.6 Å². The molecule has 34 heavy (non-hydrogen) atoms. The number of carbonyl (C=O) groups excluding carboxylic acids is 3. The van der Waals surface area contributed by atoms with Crippen LogP contribution < -0.4 is 10.6 Å². The van der Waals surface area contributed by atoms with Crippen LogP contribution in [0.25, 0.3) is 0 Å². The first-order chi connectivity index (χ1) is 16.5. The Morgan fingerprint density at radius 3 is 2.71 bits per heavy atom. The van der Waals surface area contributed by atoms with E-state index >= 15 is 0 Å². The Morgan fingerprint density at radius 1 is 1.18 bits per heavy atom. The van der Waals surface area contributed by atoms with E-state index in [-0.39, 0.29) is 17.6 Å². The van der Waals surface area contributed by atoms with Crippen LogP contribution in [0.1, 0.15) is 77.2 Å². The van der Waals surface area contributed by atoms with Crippen molar-refractivity contribution in [1.29, 1.82) is 0 Å². The van der Waals surface area contributed by atoms with Gasteiger partial charge in [-0.2, -0.15) is 11.8 Å². The van der Waals surface area contributed by atoms with Gasteiger partial charge >= 0.3 is 0 Å². The monoisotopic (exact) mass is 485 g/mol. The number of rotatable bonds is 14. The van der Waals surface area contributed by atoms with Crippen LogP contribution in [0.5, 0.6) is 0 Å². The number of fused-ring (bicyclic) bond motifs is 1. The van der Waals surface area contributed by atoms with E-state index in [9.17, 15) is 14.4 Å². The quantitative estimate of drug-likeness (QED) is 0.288. The number of thioether (sulfide) groups is 1. The summed E-state index contributed by atoms with van der Waals surface area (Å²) in [5, 5.41) is 6.54. The minimum absolute atomic E-state index is 0.0238. The van der Waals surface area contributed by atoms with Gasteiger partial charge in [0.15, 0.2) is 5.78 Å². The third-order valence-electron chi connectivity index (χ3n) is 6.66. The fourth-order valence-corrected chi connectivity index (χ4v) is 6.37. The van der Waals surface area contributed by atoms with Crippen molar-refractivity contribution < 1.29 is 14.4 Å². The van der Waals surface area contributed by atoms with Gasteiger partial charge in [-0.3, -0.25) is 19.4 Å². The van der Waals surface area contributed by atoms with Crippen LogP contribution in [0, 0.1) is 5.92 Å². The van der Waals surface area contributed by atoms with Crippen molar-refractivity contribution in [1.82, 2.24) is 5.32 Å². The Bertz CT molecular complexity index is 855. The summed E-state index contributed by atoms with van der Waals surface area (Å²) in [5.74, 6) is 1.54. The number of carbonyl (C=O) groups is 3. The number of unbranched alkanes of at least 4 members (excludes halogenated alkanes) is 2. The van der Waals surface area contributed by atoms with Gasteiger partial charge in [-0.1, -0.05) is 51.7 Å². The van der Waals surface area contributed by atoms with Crippen molar-refractivity contribution in [2.75, 3.05) is 11.1 Å². The minimum atomic E-state index is -0.544. The highest BCUT2D eigenvalue weighted by atomic mass is 32.2. The number of ketones is 1. The van der Waals surface area contributed by atoms with E-state index in [1.54, 1.807) is 0 Å². The van der Waals surface area contributed by atoms with E-state index in [1.165, 1.54) is 11.8 Å². The average Bonchev–Trinajstić information content (AvgIpc) is 3.37. The zero-order valence-corrected chi connectivity index (χ0v) is 21.4. The Hall–Kier alpha value is -2.15. The number of aryl methyl sites for hydroxylation is 1. The minimum Gasteiger partial charge on any atom is -0.352 e. The highest BCUT2D eigenvalue weighted by molar-refractivity contribution is 8.00. The molecule has 1 aromatic carbocycles. The molecule has 7 heteroatoms. The Labute approximate surface area is 208 Å². The summed E-state index contributed by atoms with van der Waals surface area (Å²) in [6, 6.07) is 7.70. The molecule has 0 spiro atoms. The standard InChI is InChI=1S/C27H39N3O3S/c1-3-5-10-23(27(33)29-21-14-12-19(8-4-2)13-15-21)28-17-22(31)9-6-7-11-24-26-20(18-34-24)16-25(32)30-26/h12-15,17,20,23-24,26H,3-11,16,18H2,1-2H3,(H,29,33)(H,30,32). The van der Waals surface area contributed by atoms with Crippen molar-refractivity contribution >= 4 is 41.3 Å². The number of nitrogens with zero attached hydrogens (tertiary/aromatic N) is 1. The number of anilines is 1. The van der Waals surface area contributed by atoms with Crippen LogP contribution >= 0.6 is 11.8 Å². The fourth-order valence-electron chi connectivity index (χ4n) is 4.72. The first-order valence-corrected chi connectivity index (χ1v) is 13.9. The maximum absolute atomic E-state index is 12.8. The molecule has 2 amide bonds. The lowest BCUT2D eigenvalue weighted by Crippen LogP contribution is -2.34. The summed E-state index contributed by atoms with van der Waals surface area (Å²) >= 11 is 1.95. The number of aliphatic imine (C=N–C) groups is 1. The van der Waals surface area contributed by atoms with Gasteiger partial charge in [0.2, 0.25) is 11.8 Å². The number of Topliss-reactive ketones (excluding diaryl/α,β-unsaturated/α-hetero) is 1. The highest BCUT2D eigenvalue weighted by Crippen LogP contribution is 2.39. The Morgan fingerprint density at radius 2 is 1.97 bits per heavy atom. The lowest BCUT2D eigenvalue weighted by atomic mass is 9.97. The second kappa shape index (κ2) is 13.7. The third kappa shape index (κ3) is 7.97. The number of benzene rings is 1. The molecule has 6 nitrogen and oxygen atoms in total. The van der Waals surface area contributed by atoms with Crippen molar-refractivity contribution in [2.24, 2.45) is 10.9 Å². The molecule has 0 aromatic heterocycles. The normalized spacial score (nSPS) is 22.5. The van der Waals surface area contributed by atoms with Gasteiger partial charge in [0.1, 0.15) is 6.04 Å². The van der Waals surface area contributed by atoms with E-state index in [0.29, 0.717) is 36.5 Å². The Kier molecular flexibility index (Phi) is 10.6. The average molecular weight is 486 g/mol. The molecular formula is C27H39N3O3S. The fraction of sp³-hybridized carbons (Fsp3) is 0.630. The first-order valence-electron chi connectivity index (χ1n) is 12.9. The zero-order chi connectivity index (χ0) is 24.3. The van der Waals surface area contributed by atoms with Crippen molar-refractivity contribution in [2.45, 2.75) is 95.4 Å². The summed E-state index contributed by atoms with van der Waals surface area (Å²) in [4.78, 5) is 41.1. The maximum Gasteiger partial charge on any atom is 0.249 e. The summed E-state index contributed by atoms with van der Waals surface area (Å²) in [6.07, 6.45) is 9.88. The number of hydrogen-bond donors (Lipinski definition) is 2. The largest absolute Gasteiger partial charge is 0.352 e. The van der Waals surface area contributed by atoms with E-state index < -0.39 is 6.04 Å². The van der Waals surface area contributed by atoms with Crippen LogP contribution in [-0.2, 0) is 20.8 Å². The molecule has 2 saturated heterocycles. The van der Waals surface area contributed by atoms with Crippen LogP contribution in [0.3, 0.4) is 0 Å². The molecule has 0 saturated carbocycles. The predicted molar refractivity (Wildman–Crippen MR) is 141 cm³/mol. The second-order valence-electron chi connectivity index (χ2n) is 9.51. The molecule has 2 aliphatic rings. The molecule has 3 rings (SSSR count). The van der Waals surface area contributed by atoms with Crippen LogP contribution in [-0.4, -0.2) is 46.9 Å². The summed E-state index contributed by atoms with van der Waals surface area (Å²) in [5.41, 5.74) is 2.02. The van der Waals surface area contributed by atoms with Crippen LogP contribution in [0.4, 0.5) is 5.69 Å². The first kappa shape index (κ1) is 26.5. The van der Waals surface area contributed by atoms with E-state index in [4.69, 9.17) is 0 Å². The Balaban J connectivity index is 1.42. The lowest BCUT2D eigenvalue weighted by Gasteiger charge is -2.17. The van der Waals surface area contributed by atoms with E-state index in [0.717, 1.165) is 56.4 Å². The van der Waals surface area contributed by atoms with Gasteiger partial charge in [-0.25, -0.2) is 0 Å². The van der Waals surface area contributed by atoms with E-state index in [2.05, 4.69) is 29.5 Å². The lowest BCUT2D eigenvalue weighted by molar-refractivity contribution is -0.119. The van der Waals surface area contributed by atoms with Gasteiger partial charge in [0.05, 0.1) is 6.21 Å². The second-order valence-corrected chi connectivity index (χ2v) is 10.8. The van der Waals surface area contributed by atoms with Gasteiger partial charge in [0.25, 0.3) is 0 Å². The van der Waals surface area contributed by atoms with Crippen LogP contribution in [0.15, 0.2) is 29.3 Å². The molecule has 0 radical (unpaired) electrons. The molecule has 2 aliphatic heterocycles. The van der Waals surface area contributed by atoms with Crippen molar-refractivity contribution in [3.8, 4) is 0 Å². The molecule has 2 fully saturated rings. The molecule has 186 valence electrons. The van der Waals surface area contributed by atoms with Gasteiger partial charge in [-0.15, -0.1) is 0 Å². The van der Waals surface area contributed by atoms with Crippen molar-refractivity contribution in [3.05, 3.63) is 29.8 Å². The number of hydrogen-bond acceptors (Lipinski definition) is 5. The molecule has 0 bridgehead atoms. The van der Waals surface area contributed by atoms with E-state index in [1.807, 2.05) is 36.0 Å². The van der Waals surface area contributed by atoms with Gasteiger partial charge in [-0.05, 0) is 55.1 Å². The van der Waals surface area contributed by atoms with Crippen molar-refractivity contribution in [3.63, 3.8) is 0 Å². The van der Waals surface area contributed by atoms with Crippen LogP contribution in [0.2, 0.25) is 0 Å². The number of nitrogens with one attached hydrogen (secondary N) is 2. The smallest absolute Gasteiger partial charge is 0.249 e. The SMILES string of the molecule is CCCCC(N=CC(=O)CCCCC1SCC2CC(=O)NC21)C(=O)Nc1ccc(CCC)cc1. The predicted octanol–water partition coefficient (Wildman–Crippen LogP) is 4.96. The zero-order valence-electron chi connectivity index (χ0n) is 20.6. The van der Waals surface area contributed by atoms with Gasteiger partial charge in [0, 0.05) is 29.8 Å². The molecule has 1 aromatic rings. The molecule has 4 unspecified atom stereocenters. The molecule has 0 aliphatic carbocycles. The molecular weight excluding hydrogens is 446 g/mol. The highest BCUT2D eigenvalue weighted by Gasteiger charge is 2.42. The molecule has 2 N–H and O–H groups in total. The number of amides is 2.